The topological polar surface area (TPSA) is 156 Å². The number of carbonyl (C=O) groups excluding carboxylic acids is 3. The van der Waals surface area contributed by atoms with E-state index in [9.17, 15) is 29.5 Å². The molecule has 2 N–H and O–H groups in total. The third-order valence-electron chi connectivity index (χ3n) is 9.70. The molecule has 3 atom stereocenters. The summed E-state index contributed by atoms with van der Waals surface area (Å²) in [6, 6.07) is 11.6. The van der Waals surface area contributed by atoms with Gasteiger partial charge in [-0.05, 0) is 80.8 Å². The number of nitrogens with zero attached hydrogens (tertiary/aromatic N) is 5. The summed E-state index contributed by atoms with van der Waals surface area (Å²) in [5.74, 6) is -1.42. The lowest BCUT2D eigenvalue weighted by atomic mass is 9.96. The Morgan fingerprint density at radius 2 is 1.85 bits per heavy atom. The fourth-order valence-electron chi connectivity index (χ4n) is 6.59. The molecule has 2 fully saturated rings. The van der Waals surface area contributed by atoms with Crippen molar-refractivity contribution >= 4 is 46.1 Å². The summed E-state index contributed by atoms with van der Waals surface area (Å²) in [6.07, 6.45) is 3.61. The van der Waals surface area contributed by atoms with E-state index in [0.717, 1.165) is 39.8 Å². The molecule has 1 saturated carbocycles. The molecule has 1 aliphatic carbocycles. The summed E-state index contributed by atoms with van der Waals surface area (Å²) in [6.45, 7) is 4.13. The predicted molar refractivity (Wildman–Crippen MR) is 174 cm³/mol. The highest BCUT2D eigenvalue weighted by molar-refractivity contribution is 6.10. The first-order valence-corrected chi connectivity index (χ1v) is 16.0. The number of rotatable bonds is 7. The van der Waals surface area contributed by atoms with Crippen LogP contribution in [0.4, 0.5) is 16.2 Å². The summed E-state index contributed by atoms with van der Waals surface area (Å²) in [5.41, 5.74) is 3.94. The van der Waals surface area contributed by atoms with Crippen LogP contribution in [0.15, 0.2) is 48.7 Å². The van der Waals surface area contributed by atoms with Gasteiger partial charge in [-0.25, -0.2) is 4.79 Å². The van der Waals surface area contributed by atoms with Crippen molar-refractivity contribution in [2.24, 2.45) is 5.92 Å². The molecule has 1 aromatic heterocycles. The molecule has 12 heteroatoms. The van der Waals surface area contributed by atoms with Gasteiger partial charge in [0.1, 0.15) is 12.1 Å². The minimum absolute atomic E-state index is 0.134. The first-order chi connectivity index (χ1) is 22.6. The van der Waals surface area contributed by atoms with Crippen molar-refractivity contribution in [2.45, 2.75) is 70.1 Å². The van der Waals surface area contributed by atoms with Crippen molar-refractivity contribution in [3.05, 3.63) is 65.4 Å². The van der Waals surface area contributed by atoms with Crippen molar-refractivity contribution in [1.29, 1.82) is 5.26 Å². The summed E-state index contributed by atoms with van der Waals surface area (Å²) in [5, 5.41) is 23.1. The molecular weight excluding hydrogens is 600 g/mol. The van der Waals surface area contributed by atoms with Crippen molar-refractivity contribution in [1.82, 2.24) is 15.2 Å². The Balaban J connectivity index is 1.51. The van der Waals surface area contributed by atoms with Gasteiger partial charge in [0.15, 0.2) is 0 Å². The molecule has 47 heavy (non-hydrogen) atoms. The summed E-state index contributed by atoms with van der Waals surface area (Å²) in [7, 11) is 1.28. The number of carboxylic acid groups (broad SMARTS) is 1. The smallest absolute Gasteiger partial charge is 0.407 e. The maximum absolute atomic E-state index is 14.9. The van der Waals surface area contributed by atoms with Gasteiger partial charge in [0.2, 0.25) is 11.8 Å². The SMILES string of the molecule is C[C@@H](C(=O)N[C@@H]1C(=O)N(Cc2c(C3CC3)cnc3ccccc23)c2ccc(C#N)cc2N(C(=O)C2CCOCC2)[C@H]1C)N(C)C(=O)O. The number of aromatic nitrogens is 1. The molecule has 2 aliphatic heterocycles. The molecule has 0 unspecified atom stereocenters. The fraction of sp³-hybridized carbons (Fsp3) is 0.429. The van der Waals surface area contributed by atoms with Crippen LogP contribution < -0.4 is 15.1 Å². The molecule has 6 rings (SSSR count). The van der Waals surface area contributed by atoms with E-state index in [2.05, 4.69) is 11.4 Å². The van der Waals surface area contributed by atoms with E-state index in [1.54, 1.807) is 34.9 Å². The van der Waals surface area contributed by atoms with Crippen molar-refractivity contribution in [3.8, 4) is 6.07 Å². The normalized spacial score (nSPS) is 20.6. The molecule has 12 nitrogen and oxygen atoms in total. The van der Waals surface area contributed by atoms with Gasteiger partial charge in [-0.15, -0.1) is 0 Å². The van der Waals surface area contributed by atoms with Crippen LogP contribution in [0.25, 0.3) is 10.9 Å². The van der Waals surface area contributed by atoms with Crippen LogP contribution in [0.3, 0.4) is 0 Å². The number of likely N-dealkylation sites (N-methyl/N-ethyl adjacent to an activating group) is 1. The molecule has 4 amide bonds. The van der Waals surface area contributed by atoms with E-state index in [-0.39, 0.29) is 18.4 Å². The van der Waals surface area contributed by atoms with Crippen LogP contribution in [0.1, 0.15) is 62.1 Å². The lowest BCUT2D eigenvalue weighted by molar-refractivity contribution is -0.131. The first kappa shape index (κ1) is 31.9. The number of hydrogen-bond acceptors (Lipinski definition) is 7. The third kappa shape index (κ3) is 6.11. The van der Waals surface area contributed by atoms with Crippen LogP contribution in [-0.4, -0.2) is 77.2 Å². The summed E-state index contributed by atoms with van der Waals surface area (Å²) >= 11 is 0. The van der Waals surface area contributed by atoms with Gasteiger partial charge in [0.25, 0.3) is 5.91 Å². The highest BCUT2D eigenvalue weighted by Crippen LogP contribution is 2.45. The van der Waals surface area contributed by atoms with E-state index in [0.29, 0.717) is 48.9 Å². The lowest BCUT2D eigenvalue weighted by Gasteiger charge is -2.36. The van der Waals surface area contributed by atoms with Gasteiger partial charge in [0, 0.05) is 37.8 Å². The number of amides is 4. The third-order valence-corrected chi connectivity index (χ3v) is 9.70. The lowest BCUT2D eigenvalue weighted by Crippen LogP contribution is -2.60. The second kappa shape index (κ2) is 13.0. The zero-order chi connectivity index (χ0) is 33.4. The zero-order valence-electron chi connectivity index (χ0n) is 26.7. The van der Waals surface area contributed by atoms with E-state index >= 15 is 0 Å². The number of fused-ring (bicyclic) bond motifs is 2. The van der Waals surface area contributed by atoms with Crippen molar-refractivity contribution in [3.63, 3.8) is 0 Å². The second-order valence-electron chi connectivity index (χ2n) is 12.6. The standard InChI is InChI=1S/C35H38N6O6/c1-20-31(38-32(42)21(2)39(3)35(45)46)34(44)40(19-27-25-6-4-5-7-28(25)37-18-26(27)23-9-10-23)29-11-8-22(17-36)16-30(29)41(20)33(43)24-12-14-47-15-13-24/h4-8,11,16,18,20-21,23-24,31H,9-10,12-15,19H2,1-3H3,(H,38,42)(H,45,46)/t20-,21-,31-/m0/s1. The van der Waals surface area contributed by atoms with Gasteiger partial charge in [-0.3, -0.25) is 24.3 Å². The molecule has 3 aromatic rings. The van der Waals surface area contributed by atoms with Gasteiger partial charge in [-0.2, -0.15) is 5.26 Å². The molecule has 0 spiro atoms. The Hall–Kier alpha value is -5.02. The minimum atomic E-state index is -1.29. The fourth-order valence-corrected chi connectivity index (χ4v) is 6.59. The number of ether oxygens (including phenoxy) is 1. The summed E-state index contributed by atoms with van der Waals surface area (Å²) in [4.78, 5) is 63.2. The molecule has 3 aliphatic rings. The van der Waals surface area contributed by atoms with Crippen LogP contribution >= 0.6 is 0 Å². The molecular formula is C35H38N6O6. The zero-order valence-corrected chi connectivity index (χ0v) is 26.7. The Morgan fingerprint density at radius 3 is 2.53 bits per heavy atom. The maximum Gasteiger partial charge on any atom is 0.407 e. The highest BCUT2D eigenvalue weighted by Gasteiger charge is 2.45. The second-order valence-corrected chi connectivity index (χ2v) is 12.6. The molecule has 0 bridgehead atoms. The van der Waals surface area contributed by atoms with E-state index in [1.165, 1.54) is 14.0 Å². The molecule has 244 valence electrons. The quantitative estimate of drug-likeness (QED) is 0.391. The molecule has 3 heterocycles. The highest BCUT2D eigenvalue weighted by atomic mass is 16.5. The Bertz CT molecular complexity index is 1780. The predicted octanol–water partition coefficient (Wildman–Crippen LogP) is 4.16. The Kier molecular flexibility index (Phi) is 8.84. The van der Waals surface area contributed by atoms with Crippen molar-refractivity contribution in [2.75, 3.05) is 30.1 Å². The van der Waals surface area contributed by atoms with Gasteiger partial charge >= 0.3 is 6.09 Å². The maximum atomic E-state index is 14.9. The average molecular weight is 639 g/mol. The van der Waals surface area contributed by atoms with Crippen LogP contribution in [0.2, 0.25) is 0 Å². The number of pyridine rings is 1. The summed E-state index contributed by atoms with van der Waals surface area (Å²) < 4.78 is 5.52. The van der Waals surface area contributed by atoms with Gasteiger partial charge in [-0.1, -0.05) is 18.2 Å². The van der Waals surface area contributed by atoms with E-state index < -0.39 is 36.0 Å². The number of carbonyl (C=O) groups is 4. The number of benzene rings is 2. The number of para-hydroxylation sites is 1. The van der Waals surface area contributed by atoms with Crippen LogP contribution in [0, 0.1) is 17.2 Å². The number of nitriles is 1. The monoisotopic (exact) mass is 638 g/mol. The minimum Gasteiger partial charge on any atom is -0.465 e. The van der Waals surface area contributed by atoms with Crippen LogP contribution in [0.5, 0.6) is 0 Å². The number of nitrogens with one attached hydrogen (secondary N) is 1. The Labute approximate surface area is 272 Å². The van der Waals surface area contributed by atoms with Gasteiger partial charge in [0.05, 0.1) is 41.1 Å². The largest absolute Gasteiger partial charge is 0.465 e. The number of hydrogen-bond donors (Lipinski definition) is 2. The molecule has 2 aromatic carbocycles. The molecule has 0 radical (unpaired) electrons. The van der Waals surface area contributed by atoms with Gasteiger partial charge < -0.3 is 25.0 Å². The number of anilines is 2. The first-order valence-electron chi connectivity index (χ1n) is 16.0. The molecule has 1 saturated heterocycles. The van der Waals surface area contributed by atoms with Crippen LogP contribution in [-0.2, 0) is 25.7 Å². The van der Waals surface area contributed by atoms with E-state index in [1.807, 2.05) is 30.5 Å². The van der Waals surface area contributed by atoms with Crippen molar-refractivity contribution < 1.29 is 29.0 Å². The average Bonchev–Trinajstić information content (AvgIpc) is 3.94. The van der Waals surface area contributed by atoms with E-state index in [4.69, 9.17) is 9.72 Å². The Morgan fingerprint density at radius 1 is 1.13 bits per heavy atom.